The zero-order chi connectivity index (χ0) is 15.7. The van der Waals surface area contributed by atoms with Crippen LogP contribution >= 0.6 is 0 Å². The van der Waals surface area contributed by atoms with Gasteiger partial charge in [0.1, 0.15) is 0 Å². The molecule has 0 radical (unpaired) electrons. The summed E-state index contributed by atoms with van der Waals surface area (Å²) in [7, 11) is 0. The van der Waals surface area contributed by atoms with Crippen molar-refractivity contribution in [2.24, 2.45) is 0 Å². The fourth-order valence-corrected chi connectivity index (χ4v) is 2.31. The molecule has 0 bridgehead atoms. The minimum absolute atomic E-state index is 0.0824. The molecule has 2 aromatic carbocycles. The Morgan fingerprint density at radius 1 is 1.18 bits per heavy atom. The number of hydrogen-bond donors (Lipinski definition) is 2. The van der Waals surface area contributed by atoms with Gasteiger partial charge in [0.25, 0.3) is 11.8 Å². The van der Waals surface area contributed by atoms with Gasteiger partial charge in [0.2, 0.25) is 0 Å². The summed E-state index contributed by atoms with van der Waals surface area (Å²) < 4.78 is 5.40. The molecule has 0 aliphatic carbocycles. The average molecular weight is 296 g/mol. The molecule has 0 atom stereocenters. The second-order valence-corrected chi connectivity index (χ2v) is 5.27. The van der Waals surface area contributed by atoms with Gasteiger partial charge in [-0.25, -0.2) is 0 Å². The highest BCUT2D eigenvalue weighted by atomic mass is 16.5. The Morgan fingerprint density at radius 2 is 2.00 bits per heavy atom. The summed E-state index contributed by atoms with van der Waals surface area (Å²) >= 11 is 0. The van der Waals surface area contributed by atoms with Gasteiger partial charge in [0.05, 0.1) is 11.3 Å². The van der Waals surface area contributed by atoms with E-state index in [0.29, 0.717) is 17.0 Å². The molecule has 0 saturated heterocycles. The first-order chi connectivity index (χ1) is 10.5. The number of aryl methyl sites for hydroxylation is 2. The molecule has 0 spiro atoms. The zero-order valence-electron chi connectivity index (χ0n) is 12.4. The first kappa shape index (κ1) is 14.1. The standard InChI is InChI=1S/C17H16N2O3/c1-10-6-7-12(8-11(10)2)18-17(21)13-4-3-5-14-16(13)22-9-15(20)19-14/h3-8H,9H2,1-2H3,(H,18,21)(H,19,20). The number of amides is 2. The summed E-state index contributed by atoms with van der Waals surface area (Å²) in [4.78, 5) is 23.8. The third-order valence-corrected chi connectivity index (χ3v) is 3.65. The van der Waals surface area contributed by atoms with Crippen molar-refractivity contribution < 1.29 is 14.3 Å². The average Bonchev–Trinajstić information content (AvgIpc) is 2.50. The van der Waals surface area contributed by atoms with Crippen LogP contribution in [0.5, 0.6) is 5.75 Å². The van der Waals surface area contributed by atoms with Gasteiger partial charge < -0.3 is 15.4 Å². The van der Waals surface area contributed by atoms with Crippen molar-refractivity contribution in [3.8, 4) is 5.75 Å². The second-order valence-electron chi connectivity index (χ2n) is 5.27. The number of rotatable bonds is 2. The predicted molar refractivity (Wildman–Crippen MR) is 84.4 cm³/mol. The van der Waals surface area contributed by atoms with Gasteiger partial charge in [-0.15, -0.1) is 0 Å². The fourth-order valence-electron chi connectivity index (χ4n) is 2.31. The number of fused-ring (bicyclic) bond motifs is 1. The highest BCUT2D eigenvalue weighted by molar-refractivity contribution is 6.09. The van der Waals surface area contributed by atoms with E-state index < -0.39 is 0 Å². The van der Waals surface area contributed by atoms with Crippen LogP contribution in [0.3, 0.4) is 0 Å². The summed E-state index contributed by atoms with van der Waals surface area (Å²) in [6.07, 6.45) is 0. The summed E-state index contributed by atoms with van der Waals surface area (Å²) in [5.41, 5.74) is 3.92. The minimum atomic E-state index is -0.267. The largest absolute Gasteiger partial charge is 0.481 e. The number of nitrogens with one attached hydrogen (secondary N) is 2. The van der Waals surface area contributed by atoms with Crippen molar-refractivity contribution in [2.45, 2.75) is 13.8 Å². The van der Waals surface area contributed by atoms with E-state index in [0.717, 1.165) is 11.3 Å². The summed E-state index contributed by atoms with van der Waals surface area (Å²) in [5, 5.41) is 5.55. The highest BCUT2D eigenvalue weighted by Crippen LogP contribution is 2.32. The van der Waals surface area contributed by atoms with Crippen LogP contribution in [0.2, 0.25) is 0 Å². The number of hydrogen-bond acceptors (Lipinski definition) is 3. The molecule has 0 fully saturated rings. The van der Waals surface area contributed by atoms with Crippen LogP contribution in [0.1, 0.15) is 21.5 Å². The Labute approximate surface area is 128 Å². The molecular formula is C17H16N2O3. The highest BCUT2D eigenvalue weighted by Gasteiger charge is 2.22. The van der Waals surface area contributed by atoms with Crippen LogP contribution < -0.4 is 15.4 Å². The van der Waals surface area contributed by atoms with E-state index in [9.17, 15) is 9.59 Å². The predicted octanol–water partition coefficient (Wildman–Crippen LogP) is 2.89. The lowest BCUT2D eigenvalue weighted by Crippen LogP contribution is -2.27. The van der Waals surface area contributed by atoms with Crippen LogP contribution in [0, 0.1) is 13.8 Å². The lowest BCUT2D eigenvalue weighted by molar-refractivity contribution is -0.118. The van der Waals surface area contributed by atoms with Crippen molar-refractivity contribution in [3.05, 3.63) is 53.1 Å². The Bertz CT molecular complexity index is 768. The third-order valence-electron chi connectivity index (χ3n) is 3.65. The maximum atomic E-state index is 12.5. The Hall–Kier alpha value is -2.82. The lowest BCUT2D eigenvalue weighted by atomic mass is 10.1. The Kier molecular flexibility index (Phi) is 3.55. The van der Waals surface area contributed by atoms with Gasteiger partial charge in [-0.05, 0) is 49.2 Å². The smallest absolute Gasteiger partial charge is 0.262 e. The van der Waals surface area contributed by atoms with Crippen molar-refractivity contribution >= 4 is 23.2 Å². The normalized spacial score (nSPS) is 12.9. The van der Waals surface area contributed by atoms with E-state index in [2.05, 4.69) is 10.6 Å². The van der Waals surface area contributed by atoms with Gasteiger partial charge in [0.15, 0.2) is 12.4 Å². The SMILES string of the molecule is Cc1ccc(NC(=O)c2cccc3c2OCC(=O)N3)cc1C. The molecule has 0 aromatic heterocycles. The molecule has 0 unspecified atom stereocenters. The topological polar surface area (TPSA) is 67.4 Å². The van der Waals surface area contributed by atoms with Gasteiger partial charge >= 0.3 is 0 Å². The summed E-state index contributed by atoms with van der Waals surface area (Å²) in [5.74, 6) is -0.0843. The van der Waals surface area contributed by atoms with Crippen LogP contribution in [-0.2, 0) is 4.79 Å². The van der Waals surface area contributed by atoms with Crippen molar-refractivity contribution in [2.75, 3.05) is 17.2 Å². The number of anilines is 2. The van der Waals surface area contributed by atoms with Crippen molar-refractivity contribution in [1.29, 1.82) is 0 Å². The Balaban J connectivity index is 1.88. The molecule has 1 aliphatic rings. The molecule has 1 heterocycles. The first-order valence-electron chi connectivity index (χ1n) is 6.99. The number of ether oxygens (including phenoxy) is 1. The molecule has 2 aromatic rings. The van der Waals surface area contributed by atoms with E-state index in [1.165, 1.54) is 5.56 Å². The molecule has 5 heteroatoms. The maximum absolute atomic E-state index is 12.5. The van der Waals surface area contributed by atoms with Gasteiger partial charge in [-0.3, -0.25) is 9.59 Å². The van der Waals surface area contributed by atoms with Gasteiger partial charge in [-0.2, -0.15) is 0 Å². The monoisotopic (exact) mass is 296 g/mol. The number of carbonyl (C=O) groups excluding carboxylic acids is 2. The van der Waals surface area contributed by atoms with Crippen molar-refractivity contribution in [1.82, 2.24) is 0 Å². The summed E-state index contributed by atoms with van der Waals surface area (Å²) in [6, 6.07) is 10.8. The van der Waals surface area contributed by atoms with E-state index >= 15 is 0 Å². The quantitative estimate of drug-likeness (QED) is 0.895. The van der Waals surface area contributed by atoms with E-state index in [1.807, 2.05) is 32.0 Å². The Morgan fingerprint density at radius 3 is 2.77 bits per heavy atom. The third kappa shape index (κ3) is 2.65. The van der Waals surface area contributed by atoms with Crippen LogP contribution in [0.25, 0.3) is 0 Å². The molecule has 2 N–H and O–H groups in total. The molecule has 5 nitrogen and oxygen atoms in total. The minimum Gasteiger partial charge on any atom is -0.481 e. The molecule has 2 amide bonds. The number of benzene rings is 2. The number of carbonyl (C=O) groups is 2. The van der Waals surface area contributed by atoms with Gasteiger partial charge in [0, 0.05) is 5.69 Å². The number of para-hydroxylation sites is 1. The molecule has 112 valence electrons. The van der Waals surface area contributed by atoms with E-state index in [4.69, 9.17) is 4.74 Å². The molecule has 1 aliphatic heterocycles. The maximum Gasteiger partial charge on any atom is 0.262 e. The summed E-state index contributed by atoms with van der Waals surface area (Å²) in [6.45, 7) is 3.93. The van der Waals surface area contributed by atoms with Gasteiger partial charge in [-0.1, -0.05) is 12.1 Å². The van der Waals surface area contributed by atoms with Crippen molar-refractivity contribution in [3.63, 3.8) is 0 Å². The van der Waals surface area contributed by atoms with E-state index in [-0.39, 0.29) is 18.4 Å². The zero-order valence-corrected chi connectivity index (χ0v) is 12.4. The molecule has 22 heavy (non-hydrogen) atoms. The second kappa shape index (κ2) is 5.52. The fraction of sp³-hybridized carbons (Fsp3) is 0.176. The lowest BCUT2D eigenvalue weighted by Gasteiger charge is -2.20. The molecule has 3 rings (SSSR count). The molecule has 0 saturated carbocycles. The molecular weight excluding hydrogens is 280 g/mol. The van der Waals surface area contributed by atoms with Crippen LogP contribution in [0.15, 0.2) is 36.4 Å². The van der Waals surface area contributed by atoms with Crippen LogP contribution in [-0.4, -0.2) is 18.4 Å². The van der Waals surface area contributed by atoms with E-state index in [1.54, 1.807) is 18.2 Å². The van der Waals surface area contributed by atoms with Crippen LogP contribution in [0.4, 0.5) is 11.4 Å². The first-order valence-corrected chi connectivity index (χ1v) is 6.99.